The van der Waals surface area contributed by atoms with Crippen LogP contribution in [0, 0.1) is 17.7 Å². The number of carbonyl (C=O) groups excluding carboxylic acids is 1. The zero-order valence-corrected chi connectivity index (χ0v) is 19.2. The number of sulfonamides is 1. The minimum Gasteiger partial charge on any atom is -0.326 e. The van der Waals surface area contributed by atoms with E-state index in [1.807, 2.05) is 31.2 Å². The lowest BCUT2D eigenvalue weighted by Crippen LogP contribution is -2.50. The summed E-state index contributed by atoms with van der Waals surface area (Å²) in [5.41, 5.74) is 2.58. The van der Waals surface area contributed by atoms with E-state index in [1.54, 1.807) is 12.1 Å². The van der Waals surface area contributed by atoms with Crippen LogP contribution in [0.2, 0.25) is 0 Å². The number of likely N-dealkylation sites (tertiary alicyclic amines) is 1. The summed E-state index contributed by atoms with van der Waals surface area (Å²) in [6.45, 7) is 5.33. The highest BCUT2D eigenvalue weighted by Gasteiger charge is 2.48. The quantitative estimate of drug-likeness (QED) is 0.715. The fourth-order valence-electron chi connectivity index (χ4n) is 4.85. The molecule has 4 rings (SSSR count). The monoisotopic (exact) mass is 459 g/mol. The molecule has 2 heterocycles. The molecule has 2 aromatic rings. The molecule has 8 heteroatoms. The van der Waals surface area contributed by atoms with Gasteiger partial charge in [0.2, 0.25) is 15.9 Å². The van der Waals surface area contributed by atoms with E-state index in [4.69, 9.17) is 0 Å². The van der Waals surface area contributed by atoms with Crippen molar-refractivity contribution in [2.75, 3.05) is 18.4 Å². The molecule has 2 fully saturated rings. The lowest BCUT2D eigenvalue weighted by atomic mass is 9.92. The van der Waals surface area contributed by atoms with Crippen LogP contribution in [0.3, 0.4) is 0 Å². The summed E-state index contributed by atoms with van der Waals surface area (Å²) >= 11 is 0. The van der Waals surface area contributed by atoms with Crippen molar-refractivity contribution < 1.29 is 17.6 Å². The molecule has 172 valence electrons. The molecular weight excluding hydrogens is 429 g/mol. The highest BCUT2D eigenvalue weighted by atomic mass is 32.2. The first-order valence-corrected chi connectivity index (χ1v) is 12.7. The van der Waals surface area contributed by atoms with Gasteiger partial charge in [0, 0.05) is 30.6 Å². The van der Waals surface area contributed by atoms with Crippen molar-refractivity contribution in [3.63, 3.8) is 0 Å². The molecular formula is C24H30FN3O3S. The minimum atomic E-state index is -3.48. The number of rotatable bonds is 5. The molecule has 2 aliphatic rings. The van der Waals surface area contributed by atoms with Crippen LogP contribution in [-0.4, -0.2) is 38.5 Å². The Hall–Kier alpha value is -2.29. The van der Waals surface area contributed by atoms with Gasteiger partial charge in [-0.2, -0.15) is 4.72 Å². The van der Waals surface area contributed by atoms with Crippen molar-refractivity contribution in [3.05, 3.63) is 65.5 Å². The van der Waals surface area contributed by atoms with Gasteiger partial charge in [0.05, 0.1) is 6.17 Å². The van der Waals surface area contributed by atoms with Gasteiger partial charge in [-0.3, -0.25) is 9.69 Å². The lowest BCUT2D eigenvalue weighted by molar-refractivity contribution is -0.121. The van der Waals surface area contributed by atoms with Crippen molar-refractivity contribution in [1.29, 1.82) is 0 Å². The Kier molecular flexibility index (Phi) is 6.65. The first-order chi connectivity index (χ1) is 15.3. The van der Waals surface area contributed by atoms with E-state index < -0.39 is 15.3 Å². The molecule has 1 amide bonds. The van der Waals surface area contributed by atoms with E-state index in [-0.39, 0.29) is 29.7 Å². The smallest absolute Gasteiger partial charge is 0.227 e. The number of aryl methyl sites for hydroxylation is 1. The fourth-order valence-corrected chi connectivity index (χ4v) is 6.92. The second kappa shape index (κ2) is 9.29. The highest BCUT2D eigenvalue weighted by molar-refractivity contribution is 7.90. The van der Waals surface area contributed by atoms with Crippen molar-refractivity contribution in [3.8, 4) is 0 Å². The molecule has 0 bridgehead atoms. The standard InChI is InChI=1S/C24H30FN3O3S/c1-3-17-4-6-18(7-5-17)22-16(2)23(27-32(22,30)31)28-14-12-19(13-15-28)24(29)26-21-10-8-20(25)9-11-21/h4-11,16,19,22-23,27H,3,12-15H2,1-2H3,(H,26,29). The van der Waals surface area contributed by atoms with Crippen LogP contribution < -0.4 is 10.0 Å². The molecule has 3 unspecified atom stereocenters. The van der Waals surface area contributed by atoms with E-state index in [0.29, 0.717) is 31.6 Å². The van der Waals surface area contributed by atoms with Crippen LogP contribution in [0.1, 0.15) is 43.1 Å². The number of benzene rings is 2. The van der Waals surface area contributed by atoms with Crippen molar-refractivity contribution in [2.45, 2.75) is 44.5 Å². The zero-order chi connectivity index (χ0) is 22.9. The second-order valence-corrected chi connectivity index (χ2v) is 10.6. The van der Waals surface area contributed by atoms with E-state index in [9.17, 15) is 17.6 Å². The van der Waals surface area contributed by atoms with Gasteiger partial charge in [-0.25, -0.2) is 12.8 Å². The number of hydrogen-bond donors (Lipinski definition) is 2. The largest absolute Gasteiger partial charge is 0.326 e. The number of anilines is 1. The van der Waals surface area contributed by atoms with Crippen LogP contribution in [0.15, 0.2) is 48.5 Å². The first kappa shape index (κ1) is 22.9. The van der Waals surface area contributed by atoms with Gasteiger partial charge < -0.3 is 5.32 Å². The van der Waals surface area contributed by atoms with Crippen LogP contribution in [-0.2, 0) is 21.2 Å². The Labute approximate surface area is 189 Å². The number of nitrogens with zero attached hydrogens (tertiary/aromatic N) is 1. The molecule has 0 radical (unpaired) electrons. The van der Waals surface area contributed by atoms with Crippen LogP contribution >= 0.6 is 0 Å². The Morgan fingerprint density at radius 3 is 2.31 bits per heavy atom. The summed E-state index contributed by atoms with van der Waals surface area (Å²) < 4.78 is 41.8. The normalized spacial score (nSPS) is 26.2. The summed E-state index contributed by atoms with van der Waals surface area (Å²) in [7, 11) is -3.48. The Morgan fingerprint density at radius 1 is 1.09 bits per heavy atom. The topological polar surface area (TPSA) is 78.5 Å². The maximum atomic E-state index is 13.1. The number of carbonyl (C=O) groups is 1. The number of halogens is 1. The Balaban J connectivity index is 1.38. The number of hydrogen-bond acceptors (Lipinski definition) is 4. The average Bonchev–Trinajstić information content (AvgIpc) is 3.04. The highest BCUT2D eigenvalue weighted by Crippen LogP contribution is 2.39. The number of piperidine rings is 1. The van der Waals surface area contributed by atoms with Gasteiger partial charge in [0.25, 0.3) is 0 Å². The molecule has 2 aliphatic heterocycles. The van der Waals surface area contributed by atoms with Gasteiger partial charge in [-0.15, -0.1) is 0 Å². The fraction of sp³-hybridized carbons (Fsp3) is 0.458. The average molecular weight is 460 g/mol. The van der Waals surface area contributed by atoms with Gasteiger partial charge in [0.1, 0.15) is 11.1 Å². The Bertz CT molecular complexity index is 1050. The van der Waals surface area contributed by atoms with E-state index in [2.05, 4.69) is 21.9 Å². The molecule has 2 N–H and O–H groups in total. The maximum Gasteiger partial charge on any atom is 0.227 e. The first-order valence-electron chi connectivity index (χ1n) is 11.2. The van der Waals surface area contributed by atoms with Crippen LogP contribution in [0.25, 0.3) is 0 Å². The molecule has 0 spiro atoms. The predicted molar refractivity (Wildman–Crippen MR) is 123 cm³/mol. The van der Waals surface area contributed by atoms with E-state index in [0.717, 1.165) is 12.0 Å². The molecule has 2 aromatic carbocycles. The second-order valence-electron chi connectivity index (χ2n) is 8.79. The van der Waals surface area contributed by atoms with Gasteiger partial charge in [0.15, 0.2) is 0 Å². The third-order valence-corrected chi connectivity index (χ3v) is 8.66. The number of nitrogens with one attached hydrogen (secondary N) is 2. The van der Waals surface area contributed by atoms with Crippen LogP contribution in [0.4, 0.5) is 10.1 Å². The molecule has 3 atom stereocenters. The minimum absolute atomic E-state index is 0.0785. The van der Waals surface area contributed by atoms with Gasteiger partial charge in [-0.1, -0.05) is 38.1 Å². The number of amides is 1. The molecule has 0 aliphatic carbocycles. The third-order valence-electron chi connectivity index (χ3n) is 6.72. The molecule has 32 heavy (non-hydrogen) atoms. The molecule has 0 aromatic heterocycles. The Morgan fingerprint density at radius 2 is 1.72 bits per heavy atom. The van der Waals surface area contributed by atoms with Gasteiger partial charge in [-0.05, 0) is 54.7 Å². The molecule has 6 nitrogen and oxygen atoms in total. The third kappa shape index (κ3) is 4.72. The summed E-state index contributed by atoms with van der Waals surface area (Å²) in [5, 5.41) is 2.26. The predicted octanol–water partition coefficient (Wildman–Crippen LogP) is 3.68. The maximum absolute atomic E-state index is 13.1. The lowest BCUT2D eigenvalue weighted by Gasteiger charge is -2.36. The summed E-state index contributed by atoms with van der Waals surface area (Å²) in [6.07, 6.45) is 1.93. The van der Waals surface area contributed by atoms with Crippen molar-refractivity contribution in [1.82, 2.24) is 9.62 Å². The summed E-state index contributed by atoms with van der Waals surface area (Å²) in [4.78, 5) is 14.7. The summed E-state index contributed by atoms with van der Waals surface area (Å²) in [6, 6.07) is 13.6. The summed E-state index contributed by atoms with van der Waals surface area (Å²) in [5.74, 6) is -0.687. The van der Waals surface area contributed by atoms with Crippen molar-refractivity contribution in [2.24, 2.45) is 11.8 Å². The van der Waals surface area contributed by atoms with E-state index in [1.165, 1.54) is 17.7 Å². The zero-order valence-electron chi connectivity index (χ0n) is 18.4. The van der Waals surface area contributed by atoms with Gasteiger partial charge >= 0.3 is 0 Å². The molecule has 2 saturated heterocycles. The van der Waals surface area contributed by atoms with Crippen LogP contribution in [0.5, 0.6) is 0 Å². The molecule has 0 saturated carbocycles. The van der Waals surface area contributed by atoms with E-state index >= 15 is 0 Å². The SMILES string of the molecule is CCc1ccc(C2C(C)C(N3CCC(C(=O)Nc4ccc(F)cc4)CC3)NS2(=O)=O)cc1. The van der Waals surface area contributed by atoms with Crippen molar-refractivity contribution >= 4 is 21.6 Å².